The molecule has 0 aliphatic carbocycles. The maximum absolute atomic E-state index is 13.0. The summed E-state index contributed by atoms with van der Waals surface area (Å²) in [6, 6.07) is 9.14. The number of halogens is 1. The van der Waals surface area contributed by atoms with Crippen LogP contribution in [0.5, 0.6) is 0 Å². The van der Waals surface area contributed by atoms with Crippen LogP contribution >= 0.6 is 11.6 Å². The van der Waals surface area contributed by atoms with Crippen molar-refractivity contribution in [1.82, 2.24) is 5.32 Å². The third kappa shape index (κ3) is 4.85. The summed E-state index contributed by atoms with van der Waals surface area (Å²) in [6.45, 7) is 0.273. The molecule has 0 bridgehead atoms. The summed E-state index contributed by atoms with van der Waals surface area (Å²) in [5.74, 6) is -0.803. The largest absolute Gasteiger partial charge is 0.383 e. The third-order valence-corrected chi connectivity index (χ3v) is 6.71. The van der Waals surface area contributed by atoms with Crippen LogP contribution in [0.1, 0.15) is 10.4 Å². The Morgan fingerprint density at radius 3 is 2.30 bits per heavy atom. The van der Waals surface area contributed by atoms with Crippen LogP contribution in [0.15, 0.2) is 57.2 Å². The lowest BCUT2D eigenvalue weighted by Crippen LogP contribution is -2.29. The highest BCUT2D eigenvalue weighted by Crippen LogP contribution is 2.31. The predicted octanol–water partition coefficient (Wildman–Crippen LogP) is 1.20. The topological polar surface area (TPSA) is 133 Å². The summed E-state index contributed by atoms with van der Waals surface area (Å²) in [4.78, 5) is 11.4. The third-order valence-electron chi connectivity index (χ3n) is 3.52. The summed E-state index contributed by atoms with van der Waals surface area (Å²) in [5, 5.41) is 7.16. The van der Waals surface area contributed by atoms with Gasteiger partial charge >= 0.3 is 0 Å². The molecule has 2 rings (SSSR count). The van der Waals surface area contributed by atoms with Gasteiger partial charge in [-0.25, -0.2) is 22.0 Å². The molecule has 2 aromatic carbocycles. The maximum atomic E-state index is 13.0. The number of carbonyl (C=O) groups is 1. The van der Waals surface area contributed by atoms with Gasteiger partial charge in [-0.2, -0.15) is 0 Å². The molecule has 8 nitrogen and oxygen atoms in total. The Balaban J connectivity index is 2.69. The smallest absolute Gasteiger partial charge is 0.252 e. The Morgan fingerprint density at radius 2 is 1.74 bits per heavy atom. The lowest BCUT2D eigenvalue weighted by molar-refractivity contribution is 0.0933. The number of hydrogen-bond acceptors (Lipinski definition) is 6. The van der Waals surface area contributed by atoms with Gasteiger partial charge < -0.3 is 10.1 Å². The number of sulfonamides is 1. The van der Waals surface area contributed by atoms with Gasteiger partial charge in [0.05, 0.1) is 27.0 Å². The molecular weight excluding hydrogens is 416 g/mol. The molecule has 146 valence electrons. The van der Waals surface area contributed by atoms with Gasteiger partial charge in [0.15, 0.2) is 0 Å². The van der Waals surface area contributed by atoms with E-state index in [1.807, 2.05) is 0 Å². The Hall–Kier alpha value is -1.98. The monoisotopic (exact) mass is 432 g/mol. The Morgan fingerprint density at radius 1 is 1.11 bits per heavy atom. The SMILES string of the molecule is COCCNC(=O)c1cc(S(N)(=O)=O)c(Cl)cc1S(=O)(=O)c1ccccc1. The molecule has 27 heavy (non-hydrogen) atoms. The van der Waals surface area contributed by atoms with Crippen molar-refractivity contribution in [1.29, 1.82) is 0 Å². The molecule has 0 heterocycles. The van der Waals surface area contributed by atoms with Gasteiger partial charge in [-0.1, -0.05) is 29.8 Å². The van der Waals surface area contributed by atoms with E-state index in [1.54, 1.807) is 6.07 Å². The van der Waals surface area contributed by atoms with Gasteiger partial charge in [0, 0.05) is 13.7 Å². The molecule has 0 saturated heterocycles. The van der Waals surface area contributed by atoms with Crippen LogP contribution in [-0.4, -0.2) is 43.0 Å². The average molecular weight is 433 g/mol. The van der Waals surface area contributed by atoms with E-state index in [9.17, 15) is 21.6 Å². The predicted molar refractivity (Wildman–Crippen MR) is 98.9 cm³/mol. The molecule has 0 aromatic heterocycles. The van der Waals surface area contributed by atoms with Crippen LogP contribution in [0, 0.1) is 0 Å². The molecule has 1 amide bonds. The van der Waals surface area contributed by atoms with Crippen molar-refractivity contribution in [3.05, 3.63) is 53.1 Å². The average Bonchev–Trinajstić information content (AvgIpc) is 2.61. The second-order valence-electron chi connectivity index (χ2n) is 5.39. The van der Waals surface area contributed by atoms with Gasteiger partial charge in [0.25, 0.3) is 5.91 Å². The first kappa shape index (κ1) is 21.3. The molecule has 0 spiro atoms. The van der Waals surface area contributed by atoms with E-state index in [2.05, 4.69) is 5.32 Å². The Bertz CT molecular complexity index is 1050. The highest BCUT2D eigenvalue weighted by atomic mass is 35.5. The van der Waals surface area contributed by atoms with Crippen LogP contribution in [0.4, 0.5) is 0 Å². The molecule has 0 saturated carbocycles. The fourth-order valence-electron chi connectivity index (χ4n) is 2.24. The van der Waals surface area contributed by atoms with Gasteiger partial charge in [-0.05, 0) is 24.3 Å². The quantitative estimate of drug-likeness (QED) is 0.631. The molecule has 2 aromatic rings. The molecule has 0 unspecified atom stereocenters. The molecule has 0 fully saturated rings. The van der Waals surface area contributed by atoms with Gasteiger partial charge in [0.1, 0.15) is 4.90 Å². The summed E-state index contributed by atoms with van der Waals surface area (Å²) in [7, 11) is -6.99. The first-order chi connectivity index (χ1) is 12.6. The summed E-state index contributed by atoms with van der Waals surface area (Å²) >= 11 is 5.94. The summed E-state index contributed by atoms with van der Waals surface area (Å²) in [5.41, 5.74) is -0.386. The molecule has 0 atom stereocenters. The Kier molecular flexibility index (Phi) is 6.60. The number of benzene rings is 2. The number of ether oxygens (including phenoxy) is 1. The zero-order chi connectivity index (χ0) is 20.2. The highest BCUT2D eigenvalue weighted by molar-refractivity contribution is 7.91. The molecular formula is C16H17ClN2O6S2. The van der Waals surface area contributed by atoms with Crippen LogP contribution < -0.4 is 10.5 Å². The van der Waals surface area contributed by atoms with Crippen molar-refractivity contribution in [2.75, 3.05) is 20.3 Å². The number of nitrogens with two attached hydrogens (primary N) is 1. The summed E-state index contributed by atoms with van der Waals surface area (Å²) < 4.78 is 54.2. The second kappa shape index (κ2) is 8.36. The normalized spacial score (nSPS) is 12.0. The lowest BCUT2D eigenvalue weighted by atomic mass is 10.2. The number of sulfone groups is 1. The highest BCUT2D eigenvalue weighted by Gasteiger charge is 2.28. The number of methoxy groups -OCH3 is 1. The van der Waals surface area contributed by atoms with E-state index in [0.29, 0.717) is 0 Å². The van der Waals surface area contributed by atoms with Crippen LogP contribution in [-0.2, 0) is 24.6 Å². The number of nitrogens with one attached hydrogen (secondary N) is 1. The standard InChI is InChI=1S/C16H17ClN2O6S2/c1-25-8-7-19-16(20)12-9-15(27(18,23)24)13(17)10-14(12)26(21,22)11-5-3-2-4-6-11/h2-6,9-10H,7-8H2,1H3,(H,19,20)(H2,18,23,24). The minimum atomic E-state index is -4.27. The van der Waals surface area contributed by atoms with E-state index < -0.39 is 40.6 Å². The van der Waals surface area contributed by atoms with Crippen LogP contribution in [0.3, 0.4) is 0 Å². The van der Waals surface area contributed by atoms with Gasteiger partial charge in [-0.3, -0.25) is 4.79 Å². The lowest BCUT2D eigenvalue weighted by Gasteiger charge is -2.14. The first-order valence-corrected chi connectivity index (χ1v) is 10.9. The zero-order valence-corrected chi connectivity index (χ0v) is 16.6. The Labute approximate surface area is 162 Å². The fourth-order valence-corrected chi connectivity index (χ4v) is 4.89. The van der Waals surface area contributed by atoms with Crippen molar-refractivity contribution in [2.24, 2.45) is 5.14 Å². The zero-order valence-electron chi connectivity index (χ0n) is 14.2. The number of primary sulfonamides is 1. The first-order valence-electron chi connectivity index (χ1n) is 7.52. The van der Waals surface area contributed by atoms with Gasteiger partial charge in [0.2, 0.25) is 19.9 Å². The number of rotatable bonds is 7. The minimum absolute atomic E-state index is 0.0737. The summed E-state index contributed by atoms with van der Waals surface area (Å²) in [6.07, 6.45) is 0. The number of hydrogen-bond donors (Lipinski definition) is 2. The molecule has 0 aliphatic rings. The molecule has 0 radical (unpaired) electrons. The maximum Gasteiger partial charge on any atom is 0.252 e. The fraction of sp³-hybridized carbons (Fsp3) is 0.188. The van der Waals surface area contributed by atoms with E-state index in [1.165, 1.54) is 31.4 Å². The van der Waals surface area contributed by atoms with Crippen molar-refractivity contribution >= 4 is 37.4 Å². The van der Waals surface area contributed by atoms with E-state index in [-0.39, 0.29) is 23.6 Å². The van der Waals surface area contributed by atoms with Crippen LogP contribution in [0.25, 0.3) is 0 Å². The minimum Gasteiger partial charge on any atom is -0.383 e. The van der Waals surface area contributed by atoms with Crippen molar-refractivity contribution in [2.45, 2.75) is 14.7 Å². The molecule has 11 heteroatoms. The number of carbonyl (C=O) groups excluding carboxylic acids is 1. The van der Waals surface area contributed by atoms with Crippen molar-refractivity contribution < 1.29 is 26.4 Å². The van der Waals surface area contributed by atoms with E-state index in [0.717, 1.165) is 12.1 Å². The van der Waals surface area contributed by atoms with Crippen molar-refractivity contribution in [3.63, 3.8) is 0 Å². The van der Waals surface area contributed by atoms with E-state index in [4.69, 9.17) is 21.5 Å². The molecule has 0 aliphatic heterocycles. The van der Waals surface area contributed by atoms with E-state index >= 15 is 0 Å². The van der Waals surface area contributed by atoms with Crippen LogP contribution in [0.2, 0.25) is 5.02 Å². The van der Waals surface area contributed by atoms with Crippen molar-refractivity contribution in [3.8, 4) is 0 Å². The number of amides is 1. The van der Waals surface area contributed by atoms with Gasteiger partial charge in [-0.15, -0.1) is 0 Å². The molecule has 3 N–H and O–H groups in total. The second-order valence-corrected chi connectivity index (χ2v) is 9.24.